The Morgan fingerprint density at radius 2 is 1.62 bits per heavy atom. The van der Waals surface area contributed by atoms with Gasteiger partial charge in [-0.2, -0.15) is 0 Å². The van der Waals surface area contributed by atoms with Gasteiger partial charge in [0.25, 0.3) is 0 Å². The topological polar surface area (TPSA) is 65.0 Å². The molecule has 0 aromatic rings. The van der Waals surface area contributed by atoms with E-state index < -0.39 is 11.5 Å². The molecule has 26 heavy (non-hydrogen) atoms. The molecule has 156 valence electrons. The highest BCUT2D eigenvalue weighted by Crippen LogP contribution is 2.34. The van der Waals surface area contributed by atoms with Crippen LogP contribution in [-0.2, 0) is 19.0 Å². The minimum Gasteiger partial charge on any atom is -0.462 e. The summed E-state index contributed by atoms with van der Waals surface area (Å²) in [5.74, 6) is -0.282. The van der Waals surface area contributed by atoms with Crippen molar-refractivity contribution in [3.63, 3.8) is 0 Å². The quantitative estimate of drug-likeness (QED) is 0.514. The molecule has 1 N–H and O–H groups in total. The molecular weight excluding hydrogens is 332 g/mol. The van der Waals surface area contributed by atoms with Crippen LogP contribution >= 0.6 is 0 Å². The summed E-state index contributed by atoms with van der Waals surface area (Å²) in [5, 5.41) is 10.1. The molecule has 5 nitrogen and oxygen atoms in total. The zero-order valence-electron chi connectivity index (χ0n) is 18.5. The average Bonchev–Trinajstić information content (AvgIpc) is 2.47. The first-order valence-electron chi connectivity index (χ1n) is 9.81. The van der Waals surface area contributed by atoms with Crippen molar-refractivity contribution in [2.24, 2.45) is 10.8 Å². The maximum atomic E-state index is 12.3. The lowest BCUT2D eigenvalue weighted by Gasteiger charge is -2.31. The van der Waals surface area contributed by atoms with Crippen molar-refractivity contribution in [3.8, 4) is 0 Å². The van der Waals surface area contributed by atoms with Crippen LogP contribution in [0.4, 0.5) is 0 Å². The van der Waals surface area contributed by atoms with Gasteiger partial charge >= 0.3 is 5.97 Å². The van der Waals surface area contributed by atoms with Crippen molar-refractivity contribution in [2.75, 3.05) is 19.8 Å². The number of hydrogen-bond acceptors (Lipinski definition) is 5. The molecule has 0 amide bonds. The molecule has 0 aromatic carbocycles. The maximum absolute atomic E-state index is 12.3. The van der Waals surface area contributed by atoms with Crippen LogP contribution in [0.1, 0.15) is 81.6 Å². The minimum atomic E-state index is -0.832. The van der Waals surface area contributed by atoms with Crippen molar-refractivity contribution in [3.05, 3.63) is 0 Å². The van der Waals surface area contributed by atoms with Gasteiger partial charge in [0, 0.05) is 6.61 Å². The number of aliphatic hydroxyl groups excluding tert-OH is 1. The van der Waals surface area contributed by atoms with Crippen LogP contribution in [0.5, 0.6) is 0 Å². The number of ether oxygens (including phenoxy) is 3. The van der Waals surface area contributed by atoms with Gasteiger partial charge in [-0.15, -0.1) is 0 Å². The summed E-state index contributed by atoms with van der Waals surface area (Å²) in [6, 6.07) is 0. The molecule has 2 atom stereocenters. The molecule has 0 rings (SSSR count). The number of hydrogen-bond donors (Lipinski definition) is 1. The summed E-state index contributed by atoms with van der Waals surface area (Å²) in [4.78, 5) is 12.3. The van der Waals surface area contributed by atoms with E-state index in [4.69, 9.17) is 14.2 Å². The fourth-order valence-electron chi connectivity index (χ4n) is 2.97. The molecule has 0 heterocycles. The molecule has 5 heteroatoms. The number of aliphatic hydroxyl groups is 1. The van der Waals surface area contributed by atoms with E-state index in [1.54, 1.807) is 0 Å². The molecule has 0 aliphatic rings. The average molecular weight is 375 g/mol. The SMILES string of the molecule is CCC(C)(CCOC(C)C)OCC(O)COC(=O)C(C)(C)CC(C)(C)C. The summed E-state index contributed by atoms with van der Waals surface area (Å²) in [5.41, 5.74) is -0.901. The summed E-state index contributed by atoms with van der Waals surface area (Å²) in [6.45, 7) is 18.8. The molecular formula is C21H42O5. The lowest BCUT2D eigenvalue weighted by Crippen LogP contribution is -2.37. The van der Waals surface area contributed by atoms with E-state index in [2.05, 4.69) is 27.7 Å². The second kappa shape index (κ2) is 10.6. The van der Waals surface area contributed by atoms with Crippen molar-refractivity contribution >= 4 is 5.97 Å². The van der Waals surface area contributed by atoms with Gasteiger partial charge in [0.1, 0.15) is 12.7 Å². The number of esters is 1. The Balaban J connectivity index is 4.35. The molecule has 0 fully saturated rings. The van der Waals surface area contributed by atoms with Crippen LogP contribution in [0.3, 0.4) is 0 Å². The first-order valence-corrected chi connectivity index (χ1v) is 9.81. The molecule has 0 radical (unpaired) electrons. The lowest BCUT2D eigenvalue weighted by atomic mass is 9.76. The standard InChI is InChI=1S/C21H42O5/c1-10-21(9,11-12-24-16(2)3)26-14-17(22)13-25-18(23)20(7,8)15-19(4,5)6/h16-17,22H,10-15H2,1-9H3. The summed E-state index contributed by atoms with van der Waals surface area (Å²) >= 11 is 0. The van der Waals surface area contributed by atoms with Crippen LogP contribution in [0, 0.1) is 10.8 Å². The Hall–Kier alpha value is -0.650. The van der Waals surface area contributed by atoms with Crippen LogP contribution < -0.4 is 0 Å². The Morgan fingerprint density at radius 1 is 1.04 bits per heavy atom. The molecule has 0 aliphatic carbocycles. The van der Waals surface area contributed by atoms with E-state index in [1.807, 2.05) is 34.6 Å². The normalized spacial score (nSPS) is 16.4. The van der Waals surface area contributed by atoms with E-state index in [-0.39, 0.29) is 36.3 Å². The highest BCUT2D eigenvalue weighted by atomic mass is 16.6. The van der Waals surface area contributed by atoms with Gasteiger partial charge in [0.05, 0.1) is 23.7 Å². The van der Waals surface area contributed by atoms with Crippen LogP contribution in [0.2, 0.25) is 0 Å². The van der Waals surface area contributed by atoms with Crippen LogP contribution in [0.25, 0.3) is 0 Å². The van der Waals surface area contributed by atoms with Crippen molar-refractivity contribution < 1.29 is 24.1 Å². The van der Waals surface area contributed by atoms with Gasteiger partial charge < -0.3 is 19.3 Å². The summed E-state index contributed by atoms with van der Waals surface area (Å²) in [6.07, 6.45) is 1.65. The summed E-state index contributed by atoms with van der Waals surface area (Å²) < 4.78 is 16.8. The molecule has 0 spiro atoms. The monoisotopic (exact) mass is 374 g/mol. The molecule has 0 saturated heterocycles. The fourth-order valence-corrected chi connectivity index (χ4v) is 2.97. The van der Waals surface area contributed by atoms with E-state index in [0.717, 1.165) is 19.3 Å². The van der Waals surface area contributed by atoms with Gasteiger partial charge in [-0.05, 0) is 59.3 Å². The molecule has 0 saturated carbocycles. The molecule has 2 unspecified atom stereocenters. The molecule has 0 bridgehead atoms. The lowest BCUT2D eigenvalue weighted by molar-refractivity contribution is -0.161. The first-order chi connectivity index (χ1) is 11.7. The van der Waals surface area contributed by atoms with Gasteiger partial charge in [0.2, 0.25) is 0 Å². The number of rotatable bonds is 12. The molecule has 0 aliphatic heterocycles. The van der Waals surface area contributed by atoms with E-state index in [0.29, 0.717) is 6.61 Å². The number of carbonyl (C=O) groups is 1. The predicted molar refractivity (Wildman–Crippen MR) is 105 cm³/mol. The largest absolute Gasteiger partial charge is 0.462 e. The third kappa shape index (κ3) is 11.1. The molecule has 0 aromatic heterocycles. The van der Waals surface area contributed by atoms with Crippen LogP contribution in [-0.4, -0.2) is 48.7 Å². The Labute approximate surface area is 160 Å². The Morgan fingerprint density at radius 3 is 2.08 bits per heavy atom. The van der Waals surface area contributed by atoms with E-state index >= 15 is 0 Å². The zero-order valence-corrected chi connectivity index (χ0v) is 18.5. The second-order valence-electron chi connectivity index (χ2n) is 9.66. The highest BCUT2D eigenvalue weighted by Gasteiger charge is 2.34. The van der Waals surface area contributed by atoms with Crippen LogP contribution in [0.15, 0.2) is 0 Å². The van der Waals surface area contributed by atoms with Gasteiger partial charge in [-0.25, -0.2) is 0 Å². The van der Waals surface area contributed by atoms with E-state index in [9.17, 15) is 9.90 Å². The Kier molecular flexibility index (Phi) is 10.4. The summed E-state index contributed by atoms with van der Waals surface area (Å²) in [7, 11) is 0. The number of carbonyl (C=O) groups excluding carboxylic acids is 1. The van der Waals surface area contributed by atoms with E-state index in [1.165, 1.54) is 0 Å². The van der Waals surface area contributed by atoms with Gasteiger partial charge in [-0.3, -0.25) is 4.79 Å². The first kappa shape index (κ1) is 25.4. The second-order valence-corrected chi connectivity index (χ2v) is 9.66. The smallest absolute Gasteiger partial charge is 0.311 e. The Bertz CT molecular complexity index is 411. The zero-order chi connectivity index (χ0) is 20.6. The van der Waals surface area contributed by atoms with Crippen molar-refractivity contribution in [1.29, 1.82) is 0 Å². The van der Waals surface area contributed by atoms with Crippen molar-refractivity contribution in [1.82, 2.24) is 0 Å². The third-order valence-corrected chi connectivity index (χ3v) is 4.39. The van der Waals surface area contributed by atoms with Gasteiger partial charge in [-0.1, -0.05) is 27.7 Å². The van der Waals surface area contributed by atoms with Gasteiger partial charge in [0.15, 0.2) is 0 Å². The third-order valence-electron chi connectivity index (χ3n) is 4.39. The minimum absolute atomic E-state index is 0.0330. The fraction of sp³-hybridized carbons (Fsp3) is 0.952. The van der Waals surface area contributed by atoms with Crippen molar-refractivity contribution in [2.45, 2.75) is 99.4 Å². The maximum Gasteiger partial charge on any atom is 0.311 e. The highest BCUT2D eigenvalue weighted by molar-refractivity contribution is 5.75. The predicted octanol–water partition coefficient (Wildman–Crippen LogP) is 4.35.